The third-order valence-corrected chi connectivity index (χ3v) is 3.60. The lowest BCUT2D eigenvalue weighted by atomic mass is 9.92. The number of rotatable bonds is 3. The first kappa shape index (κ1) is 13.6. The van der Waals surface area contributed by atoms with Gasteiger partial charge in [0.15, 0.2) is 0 Å². The van der Waals surface area contributed by atoms with Crippen LogP contribution in [0.15, 0.2) is 24.3 Å². The number of carbonyl (C=O) groups excluding carboxylic acids is 1. The van der Waals surface area contributed by atoms with Crippen molar-refractivity contribution in [2.45, 2.75) is 32.4 Å². The van der Waals surface area contributed by atoms with Gasteiger partial charge in [0.2, 0.25) is 5.91 Å². The molecule has 0 aliphatic carbocycles. The molecule has 2 rings (SSSR count). The van der Waals surface area contributed by atoms with Crippen LogP contribution in [0, 0.1) is 17.2 Å². The predicted molar refractivity (Wildman–Crippen MR) is 73.2 cm³/mol. The number of hydrogen-bond donors (Lipinski definition) is 2. The quantitative estimate of drug-likeness (QED) is 0.863. The molecule has 1 amide bonds. The Morgan fingerprint density at radius 3 is 2.84 bits per heavy atom. The summed E-state index contributed by atoms with van der Waals surface area (Å²) in [5.41, 5.74) is 1.65. The van der Waals surface area contributed by atoms with Crippen LogP contribution in [-0.4, -0.2) is 18.5 Å². The van der Waals surface area contributed by atoms with Crippen molar-refractivity contribution in [3.05, 3.63) is 35.4 Å². The van der Waals surface area contributed by atoms with E-state index in [-0.39, 0.29) is 11.9 Å². The Labute approximate surface area is 113 Å². The van der Waals surface area contributed by atoms with Gasteiger partial charge < -0.3 is 10.6 Å². The maximum Gasteiger partial charge on any atom is 0.237 e. The molecule has 19 heavy (non-hydrogen) atoms. The number of amides is 1. The van der Waals surface area contributed by atoms with Crippen molar-refractivity contribution in [3.8, 4) is 6.07 Å². The minimum atomic E-state index is -0.0767. The Kier molecular flexibility index (Phi) is 4.53. The maximum atomic E-state index is 12.1. The van der Waals surface area contributed by atoms with Gasteiger partial charge in [-0.1, -0.05) is 19.1 Å². The molecule has 1 aliphatic rings. The lowest BCUT2D eigenvalue weighted by molar-refractivity contribution is -0.125. The minimum absolute atomic E-state index is 0.0663. The molecule has 0 radical (unpaired) electrons. The number of piperidine rings is 1. The highest BCUT2D eigenvalue weighted by molar-refractivity contribution is 5.82. The summed E-state index contributed by atoms with van der Waals surface area (Å²) in [6, 6.07) is 9.28. The van der Waals surface area contributed by atoms with Crippen LogP contribution in [0.4, 0.5) is 0 Å². The number of hydrogen-bond acceptors (Lipinski definition) is 3. The average Bonchev–Trinajstić information content (AvgIpc) is 2.46. The number of nitriles is 1. The Morgan fingerprint density at radius 1 is 1.47 bits per heavy atom. The summed E-state index contributed by atoms with van der Waals surface area (Å²) >= 11 is 0. The van der Waals surface area contributed by atoms with E-state index < -0.39 is 0 Å². The summed E-state index contributed by atoms with van der Waals surface area (Å²) in [6.07, 6.45) is 2.24. The third-order valence-electron chi connectivity index (χ3n) is 3.60. The lowest BCUT2D eigenvalue weighted by Crippen LogP contribution is -2.50. The van der Waals surface area contributed by atoms with Crippen LogP contribution < -0.4 is 10.6 Å². The Hall–Kier alpha value is -1.86. The fourth-order valence-corrected chi connectivity index (χ4v) is 2.40. The zero-order chi connectivity index (χ0) is 13.7. The van der Waals surface area contributed by atoms with Gasteiger partial charge in [-0.05, 0) is 43.0 Å². The van der Waals surface area contributed by atoms with E-state index in [2.05, 4.69) is 23.6 Å². The first-order valence-corrected chi connectivity index (χ1v) is 6.71. The molecule has 1 aromatic carbocycles. The fraction of sp³-hybridized carbons (Fsp3) is 0.467. The van der Waals surface area contributed by atoms with Crippen molar-refractivity contribution < 1.29 is 4.79 Å². The van der Waals surface area contributed by atoms with Crippen LogP contribution in [0.1, 0.15) is 30.9 Å². The summed E-state index contributed by atoms with van der Waals surface area (Å²) in [5, 5.41) is 14.9. The zero-order valence-electron chi connectivity index (χ0n) is 11.1. The Balaban J connectivity index is 1.87. The largest absolute Gasteiger partial charge is 0.351 e. The minimum Gasteiger partial charge on any atom is -0.351 e. The first-order chi connectivity index (χ1) is 9.20. The molecule has 1 heterocycles. The van der Waals surface area contributed by atoms with Crippen LogP contribution in [-0.2, 0) is 11.3 Å². The highest BCUT2D eigenvalue weighted by atomic mass is 16.2. The van der Waals surface area contributed by atoms with E-state index in [9.17, 15) is 4.79 Å². The molecule has 1 saturated heterocycles. The smallest absolute Gasteiger partial charge is 0.237 e. The van der Waals surface area contributed by atoms with Gasteiger partial charge >= 0.3 is 0 Å². The molecule has 0 aromatic heterocycles. The number of carbonyl (C=O) groups is 1. The van der Waals surface area contributed by atoms with Crippen LogP contribution in [0.5, 0.6) is 0 Å². The number of nitrogens with zero attached hydrogens (tertiary/aromatic N) is 1. The van der Waals surface area contributed by atoms with Gasteiger partial charge in [-0.2, -0.15) is 5.26 Å². The molecule has 4 nitrogen and oxygen atoms in total. The summed E-state index contributed by atoms with van der Waals surface area (Å²) in [7, 11) is 0. The second-order valence-electron chi connectivity index (χ2n) is 5.08. The van der Waals surface area contributed by atoms with Crippen LogP contribution in [0.2, 0.25) is 0 Å². The molecule has 0 saturated carbocycles. The van der Waals surface area contributed by atoms with Gasteiger partial charge in [0.05, 0.1) is 17.7 Å². The normalized spacial score (nSPS) is 22.5. The molecule has 1 aromatic rings. The molecule has 1 aliphatic heterocycles. The molecule has 2 N–H and O–H groups in total. The standard InChI is InChI=1S/C15H19N3O/c1-11-3-2-8-17-14(11)15(19)18-10-13-6-4-12(9-16)5-7-13/h4-7,11,14,17H,2-3,8,10H2,1H3,(H,18,19). The first-order valence-electron chi connectivity index (χ1n) is 6.71. The highest BCUT2D eigenvalue weighted by Crippen LogP contribution is 2.15. The summed E-state index contributed by atoms with van der Waals surface area (Å²) in [4.78, 5) is 12.1. The van der Waals surface area contributed by atoms with E-state index in [1.54, 1.807) is 12.1 Å². The van der Waals surface area contributed by atoms with Crippen molar-refractivity contribution >= 4 is 5.91 Å². The second kappa shape index (κ2) is 6.35. The Bertz CT molecular complexity index is 475. The van der Waals surface area contributed by atoms with Gasteiger partial charge in [-0.15, -0.1) is 0 Å². The molecule has 2 unspecified atom stereocenters. The fourth-order valence-electron chi connectivity index (χ4n) is 2.40. The lowest BCUT2D eigenvalue weighted by Gasteiger charge is -2.28. The summed E-state index contributed by atoms with van der Waals surface area (Å²) in [5.74, 6) is 0.450. The number of nitrogens with one attached hydrogen (secondary N) is 2. The average molecular weight is 257 g/mol. The van der Waals surface area contributed by atoms with Gasteiger partial charge in [-0.3, -0.25) is 4.79 Å². The van der Waals surface area contributed by atoms with Gasteiger partial charge in [0.25, 0.3) is 0 Å². The van der Waals surface area contributed by atoms with Crippen LogP contribution in [0.3, 0.4) is 0 Å². The SMILES string of the molecule is CC1CCCNC1C(=O)NCc1ccc(C#N)cc1. The van der Waals surface area contributed by atoms with Gasteiger partial charge in [-0.25, -0.2) is 0 Å². The van der Waals surface area contributed by atoms with Gasteiger partial charge in [0, 0.05) is 6.54 Å². The Morgan fingerprint density at radius 2 is 2.21 bits per heavy atom. The van der Waals surface area contributed by atoms with Crippen molar-refractivity contribution in [3.63, 3.8) is 0 Å². The maximum absolute atomic E-state index is 12.1. The molecule has 0 bridgehead atoms. The molecule has 100 valence electrons. The van der Waals surface area contributed by atoms with E-state index in [0.717, 1.165) is 24.9 Å². The molecular weight excluding hydrogens is 238 g/mol. The van der Waals surface area contributed by atoms with E-state index >= 15 is 0 Å². The second-order valence-corrected chi connectivity index (χ2v) is 5.08. The molecule has 2 atom stereocenters. The summed E-state index contributed by atoms with van der Waals surface area (Å²) in [6.45, 7) is 3.53. The van der Waals surface area contributed by atoms with Crippen molar-refractivity contribution in [1.82, 2.24) is 10.6 Å². The predicted octanol–water partition coefficient (Wildman–Crippen LogP) is 1.56. The van der Waals surface area contributed by atoms with E-state index in [0.29, 0.717) is 18.0 Å². The van der Waals surface area contributed by atoms with Crippen molar-refractivity contribution in [2.75, 3.05) is 6.54 Å². The number of benzene rings is 1. The van der Waals surface area contributed by atoms with Crippen LogP contribution in [0.25, 0.3) is 0 Å². The van der Waals surface area contributed by atoms with E-state index in [1.807, 2.05) is 12.1 Å². The molecule has 1 fully saturated rings. The summed E-state index contributed by atoms with van der Waals surface area (Å²) < 4.78 is 0. The molecule has 4 heteroatoms. The van der Waals surface area contributed by atoms with Crippen molar-refractivity contribution in [2.24, 2.45) is 5.92 Å². The zero-order valence-corrected chi connectivity index (χ0v) is 11.1. The topological polar surface area (TPSA) is 64.9 Å². The monoisotopic (exact) mass is 257 g/mol. The molecular formula is C15H19N3O. The van der Waals surface area contributed by atoms with E-state index in [1.165, 1.54) is 0 Å². The third kappa shape index (κ3) is 3.55. The highest BCUT2D eigenvalue weighted by Gasteiger charge is 2.26. The van der Waals surface area contributed by atoms with Crippen LogP contribution >= 0.6 is 0 Å². The van der Waals surface area contributed by atoms with Gasteiger partial charge in [0.1, 0.15) is 0 Å². The van der Waals surface area contributed by atoms with E-state index in [4.69, 9.17) is 5.26 Å². The molecule has 0 spiro atoms. The van der Waals surface area contributed by atoms with Crippen molar-refractivity contribution in [1.29, 1.82) is 5.26 Å².